The van der Waals surface area contributed by atoms with E-state index in [1.54, 1.807) is 0 Å². The molecule has 0 radical (unpaired) electrons. The first-order valence-corrected chi connectivity index (χ1v) is 14.4. The van der Waals surface area contributed by atoms with Crippen molar-refractivity contribution in [3.63, 3.8) is 0 Å². The van der Waals surface area contributed by atoms with Crippen LogP contribution in [0.25, 0.3) is 0 Å². The average molecular weight is 466 g/mol. The van der Waals surface area contributed by atoms with E-state index in [9.17, 15) is 14.9 Å². The molecule has 176 valence electrons. The molecule has 6 heteroatoms. The topological polar surface area (TPSA) is 82.0 Å². The number of nitrogens with one attached hydrogen (secondary N) is 2. The number of anilines is 2. The Balaban J connectivity index is 1.85. The molecule has 0 unspecified atom stereocenters. The van der Waals surface area contributed by atoms with Crippen LogP contribution in [0.4, 0.5) is 11.4 Å². The van der Waals surface area contributed by atoms with Crippen molar-refractivity contribution in [2.75, 3.05) is 29.1 Å². The quantitative estimate of drug-likeness (QED) is 0.491. The Hall–Kier alpha value is -2.70. The summed E-state index contributed by atoms with van der Waals surface area (Å²) in [5, 5.41) is 15.2. The Morgan fingerprint density at radius 3 is 1.91 bits per heavy atom. The third kappa shape index (κ3) is 4.68. The summed E-state index contributed by atoms with van der Waals surface area (Å²) < 4.78 is 0. The van der Waals surface area contributed by atoms with E-state index in [0.29, 0.717) is 11.7 Å². The minimum atomic E-state index is -2.26. The fraction of sp³-hybridized carbons (Fsp3) is 0.444. The molecule has 0 bridgehead atoms. The second-order valence-electron chi connectivity index (χ2n) is 9.61. The van der Waals surface area contributed by atoms with Crippen molar-refractivity contribution in [2.45, 2.75) is 59.5 Å². The van der Waals surface area contributed by atoms with Crippen molar-refractivity contribution in [3.05, 3.63) is 58.1 Å². The summed E-state index contributed by atoms with van der Waals surface area (Å²) in [5.41, 5.74) is 6.16. The van der Waals surface area contributed by atoms with Gasteiger partial charge in [0.15, 0.2) is 0 Å². The molecule has 1 aliphatic rings. The van der Waals surface area contributed by atoms with E-state index in [1.165, 1.54) is 0 Å². The van der Waals surface area contributed by atoms with Gasteiger partial charge in [-0.25, -0.2) is 0 Å². The van der Waals surface area contributed by atoms with Crippen molar-refractivity contribution in [1.29, 1.82) is 5.26 Å². The Morgan fingerprint density at radius 1 is 0.939 bits per heavy atom. The molecule has 0 atom stereocenters. The van der Waals surface area contributed by atoms with Crippen LogP contribution in [0.1, 0.15) is 54.5 Å². The van der Waals surface area contributed by atoms with Crippen LogP contribution in [0.2, 0.25) is 0 Å². The van der Waals surface area contributed by atoms with Crippen molar-refractivity contribution in [3.8, 4) is 6.07 Å². The predicted molar refractivity (Wildman–Crippen MR) is 140 cm³/mol. The summed E-state index contributed by atoms with van der Waals surface area (Å²) in [6.45, 7) is 12.1. The van der Waals surface area contributed by atoms with Crippen molar-refractivity contribution < 1.29 is 9.59 Å². The molecule has 2 aromatic carbocycles. The molecule has 2 amide bonds. The van der Waals surface area contributed by atoms with Crippen molar-refractivity contribution in [1.82, 2.24) is 0 Å². The second-order valence-corrected chi connectivity index (χ2v) is 14.9. The first-order valence-electron chi connectivity index (χ1n) is 11.8. The average Bonchev–Trinajstić information content (AvgIpc) is 3.59. The van der Waals surface area contributed by atoms with E-state index in [4.69, 9.17) is 0 Å². The van der Waals surface area contributed by atoms with Gasteiger partial charge in [-0.2, -0.15) is 0 Å². The summed E-state index contributed by atoms with van der Waals surface area (Å²) in [4.78, 5) is 26.9. The normalized spacial score (nSPS) is 14.8. The fourth-order valence-electron chi connectivity index (χ4n) is 5.43. The number of para-hydroxylation sites is 1. The molecule has 3 rings (SSSR count). The van der Waals surface area contributed by atoms with Gasteiger partial charge in [0.1, 0.15) is 0 Å². The van der Waals surface area contributed by atoms with Gasteiger partial charge in [0.25, 0.3) is 0 Å². The van der Waals surface area contributed by atoms with Gasteiger partial charge in [-0.1, -0.05) is 0 Å². The number of nitriles is 1. The first-order chi connectivity index (χ1) is 15.6. The molecule has 1 aliphatic carbocycles. The maximum absolute atomic E-state index is 13.7. The van der Waals surface area contributed by atoms with Crippen LogP contribution in [0.15, 0.2) is 30.3 Å². The molecule has 0 saturated heterocycles. The molecule has 33 heavy (non-hydrogen) atoms. The first kappa shape index (κ1) is 24.9. The summed E-state index contributed by atoms with van der Waals surface area (Å²) >= 11 is 0. The Kier molecular flexibility index (Phi) is 7.29. The Labute approximate surface area is 198 Å². The fourth-order valence-corrected chi connectivity index (χ4v) is 10.6. The van der Waals surface area contributed by atoms with Crippen molar-refractivity contribution >= 4 is 30.5 Å². The molecule has 2 N–H and O–H groups in total. The Bertz CT molecular complexity index is 1080. The van der Waals surface area contributed by atoms with Gasteiger partial charge in [-0.3, -0.25) is 0 Å². The molecular formula is C27H36N3O2P. The number of benzene rings is 2. The van der Waals surface area contributed by atoms with Crippen molar-refractivity contribution in [2.24, 2.45) is 0 Å². The zero-order valence-corrected chi connectivity index (χ0v) is 21.7. The van der Waals surface area contributed by atoms with Gasteiger partial charge in [0.2, 0.25) is 0 Å². The van der Waals surface area contributed by atoms with E-state index >= 15 is 0 Å². The third-order valence-electron chi connectivity index (χ3n) is 7.70. The third-order valence-corrected chi connectivity index (χ3v) is 14.2. The number of hydrogen-bond acceptors (Lipinski definition) is 3. The van der Waals surface area contributed by atoms with Gasteiger partial charge in [-0.05, 0) is 0 Å². The minimum absolute atomic E-state index is 0.0209. The molecule has 0 aliphatic heterocycles. The molecule has 1 fully saturated rings. The number of carbonyl (C=O) groups excluding carboxylic acids is 2. The van der Waals surface area contributed by atoms with Gasteiger partial charge in [-0.15, -0.1) is 0 Å². The van der Waals surface area contributed by atoms with Gasteiger partial charge in [0, 0.05) is 0 Å². The predicted octanol–water partition coefficient (Wildman–Crippen LogP) is 5.69. The van der Waals surface area contributed by atoms with E-state index in [1.807, 2.05) is 58.0 Å². The monoisotopic (exact) mass is 465 g/mol. The van der Waals surface area contributed by atoms with E-state index in [0.717, 1.165) is 58.8 Å². The maximum atomic E-state index is 13.7. The number of hydrogen-bond donors (Lipinski definition) is 2. The van der Waals surface area contributed by atoms with Crippen LogP contribution in [0.5, 0.6) is 0 Å². The molecule has 1 saturated carbocycles. The van der Waals surface area contributed by atoms with Gasteiger partial charge >= 0.3 is 198 Å². The second kappa shape index (κ2) is 9.65. The summed E-state index contributed by atoms with van der Waals surface area (Å²) in [5.74, 6) is 0.0706. The summed E-state index contributed by atoms with van der Waals surface area (Å²) in [6.07, 6.45) is 3.92. The molecule has 5 nitrogen and oxygen atoms in total. The number of nitrogens with zero attached hydrogens (tertiary/aromatic N) is 1. The number of amides is 2. The number of rotatable bonds is 8. The molecule has 2 aromatic rings. The number of carbonyl (C=O) groups is 2. The van der Waals surface area contributed by atoms with Gasteiger partial charge < -0.3 is 0 Å². The summed E-state index contributed by atoms with van der Waals surface area (Å²) in [6, 6.07) is 11.8. The van der Waals surface area contributed by atoms with Crippen LogP contribution in [0.3, 0.4) is 0 Å². The van der Waals surface area contributed by atoms with Gasteiger partial charge in [0.05, 0.1) is 0 Å². The molecular weight excluding hydrogens is 429 g/mol. The van der Waals surface area contributed by atoms with E-state index in [-0.39, 0.29) is 11.8 Å². The van der Waals surface area contributed by atoms with Crippen LogP contribution < -0.4 is 10.6 Å². The summed E-state index contributed by atoms with van der Waals surface area (Å²) in [7, 11) is -2.26. The standard InChI is InChI=1S/C27H36N3O2P/c1-7-33(8-2,17-23(31)29-24-18(3)10-9-11-19(24)4)27(12-13-27)26(32)30-25-20(5)14-22(16-28)15-21(25)6/h9-11,14-15,33H,7-8,12-13,17H2,1-6H3,(H,29,31)(H,30,32). The number of aryl methyl sites for hydroxylation is 4. The van der Waals surface area contributed by atoms with Crippen LogP contribution in [-0.4, -0.2) is 35.5 Å². The SMILES string of the molecule is CC[PH](CC)(CC(=O)Nc1c(C)cccc1C)C1(C(=O)Nc2c(C)cc(C#N)cc2C)CC1. The molecule has 0 spiro atoms. The molecule has 0 heterocycles. The Morgan fingerprint density at radius 2 is 1.45 bits per heavy atom. The zero-order chi connectivity index (χ0) is 24.4. The van der Waals surface area contributed by atoms with Crippen LogP contribution >= 0.6 is 7.26 Å². The van der Waals surface area contributed by atoms with Crippen LogP contribution in [-0.2, 0) is 9.59 Å². The van der Waals surface area contributed by atoms with E-state index in [2.05, 4.69) is 30.6 Å². The van der Waals surface area contributed by atoms with Crippen LogP contribution in [0, 0.1) is 39.0 Å². The molecule has 0 aromatic heterocycles. The zero-order valence-electron chi connectivity index (χ0n) is 20.7. The van der Waals surface area contributed by atoms with E-state index < -0.39 is 12.4 Å².